The first-order valence-corrected chi connectivity index (χ1v) is 35.3. The standard InChI is InChI=1S/B102P/c1-53-79(52)92(78(50)51)99(93(80(54(2)3)55(4)5)81(56(6)7)57(8)9)102(98(90(74(42)43)75(44)45)91(76(46)47)77(48)49)103(100(94(82(58(10)11)59(12)13)83(60(14)15)61(16)17)95(84(62(18)19)63(20)21)85(64(22)23)65(24)25)101(96(86(66(26)27)67(28)29)87(68(30)31)69(32)33)97(88(70(34)35)71(36)37)89(72(38)39)73(40)41. The Bertz CT molecular complexity index is 1750. The first-order valence-electron chi connectivity index (χ1n) is 33.8. The summed E-state index contributed by atoms with van der Waals surface area (Å²) in [6, 6.07) is 0. The van der Waals surface area contributed by atoms with Crippen molar-refractivity contribution in [3.8, 4) is 0 Å². The maximum atomic E-state index is 7.49. The van der Waals surface area contributed by atoms with E-state index in [1.807, 2.05) is 0 Å². The molecular weight excluding hydrogens is 1130 g/mol. The molecule has 0 saturated heterocycles. The molecule has 311 valence electrons. The van der Waals surface area contributed by atoms with Gasteiger partial charge >= 0.3 is 0 Å². The molecule has 0 aromatic rings. The summed E-state index contributed by atoms with van der Waals surface area (Å²) >= 11 is 0. The zero-order valence-electron chi connectivity index (χ0n) is 59.3. The number of rotatable bonds is 50. The molecule has 0 rings (SSSR count). The summed E-state index contributed by atoms with van der Waals surface area (Å²) < 4.78 is 0. The van der Waals surface area contributed by atoms with E-state index in [1.165, 1.54) is 0 Å². The molecule has 0 heterocycles. The van der Waals surface area contributed by atoms with Crippen molar-refractivity contribution in [2.75, 3.05) is 0 Å². The van der Waals surface area contributed by atoms with E-state index in [1.54, 1.807) is 0 Å². The van der Waals surface area contributed by atoms with Crippen molar-refractivity contribution in [2.45, 2.75) is 0 Å². The van der Waals surface area contributed by atoms with E-state index in [0.717, 1.165) is 7.06 Å². The molecule has 0 spiro atoms. The van der Waals surface area contributed by atoms with Crippen LogP contribution >= 0.6 is 7.56 Å². The highest BCUT2D eigenvalue weighted by molar-refractivity contribution is 8.65. The predicted octanol–water partition coefficient (Wildman–Crippen LogP) is -38.0. The molecule has 0 aromatic carbocycles. The van der Waals surface area contributed by atoms with Gasteiger partial charge in [0.25, 0.3) is 0 Å². The fourth-order valence-corrected chi connectivity index (χ4v) is 23.7. The van der Waals surface area contributed by atoms with E-state index < -0.39 is 320 Å². The van der Waals surface area contributed by atoms with Crippen molar-refractivity contribution in [3.05, 3.63) is 0 Å². The Morgan fingerprint density at radius 1 is 0.117 bits per heavy atom. The van der Waals surface area contributed by atoms with Crippen LogP contribution in [0.25, 0.3) is 0 Å². The van der Waals surface area contributed by atoms with Crippen LogP contribution in [0.15, 0.2) is 0 Å². The van der Waals surface area contributed by atoms with Crippen LogP contribution < -0.4 is 0 Å². The smallest absolute Gasteiger partial charge is 0.0527 e. The topological polar surface area (TPSA) is 0 Å². The van der Waals surface area contributed by atoms with Gasteiger partial charge in [0.1, 0.15) is 0 Å². The fourth-order valence-electron chi connectivity index (χ4n) is 17.7. The summed E-state index contributed by atoms with van der Waals surface area (Å²) in [6.45, 7) is 0. The van der Waals surface area contributed by atoms with Crippen molar-refractivity contribution in [2.24, 2.45) is 0 Å². The molecule has 0 bridgehead atoms. The molecule has 105 radical (unpaired) electrons. The largest absolute Gasteiger partial charge is 0.253 e. The first kappa shape index (κ1) is 110. The third kappa shape index (κ3) is 29.7. The average Bonchev–Trinajstić information content (AvgIpc) is 0.707. The zero-order chi connectivity index (χ0) is 81.6. The molecule has 0 amide bonds. The van der Waals surface area contributed by atoms with Crippen molar-refractivity contribution >= 4 is 729 Å². The summed E-state index contributed by atoms with van der Waals surface area (Å²) in [5, 5.41) is 0. The lowest BCUT2D eigenvalue weighted by atomic mass is 8.32. The maximum absolute atomic E-state index is 7.49. The lowest BCUT2D eigenvalue weighted by Gasteiger charge is -2.64. The van der Waals surface area contributed by atoms with E-state index in [4.69, 9.17) is 402 Å². The van der Waals surface area contributed by atoms with Gasteiger partial charge in [-0.25, -0.2) is 0 Å². The summed E-state index contributed by atoms with van der Waals surface area (Å²) in [5.41, 5.74) is 0. The molecule has 0 aliphatic rings. The fraction of sp³-hybridized carbons (Fsp3) is 0. The molecule has 0 saturated carbocycles. The summed E-state index contributed by atoms with van der Waals surface area (Å²) in [6.07, 6.45) is -92.9. The van der Waals surface area contributed by atoms with Gasteiger partial charge in [0.05, 0.1) is 18.6 Å². The molecule has 0 nitrogen and oxygen atoms in total. The Morgan fingerprint density at radius 2 is 0.204 bits per heavy atom. The predicted molar refractivity (Wildman–Crippen MR) is 594 cm³/mol. The van der Waals surface area contributed by atoms with Crippen molar-refractivity contribution < 1.29 is 0 Å². The van der Waals surface area contributed by atoms with Gasteiger partial charge in [-0.1, -0.05) is 0 Å². The van der Waals surface area contributed by atoms with Crippen LogP contribution in [-0.4, -0.2) is 722 Å². The highest BCUT2D eigenvalue weighted by Gasteiger charge is 2.68. The van der Waals surface area contributed by atoms with E-state index >= 15 is 0 Å². The Labute approximate surface area is 721 Å². The Morgan fingerprint density at radius 3 is 0.291 bits per heavy atom. The highest BCUT2D eigenvalue weighted by atomic mass is 31.1. The molecule has 0 N–H and O–H groups in total. The minimum absolute atomic E-state index is 0.965. The lowest BCUT2D eigenvalue weighted by Crippen LogP contribution is -2.94. The van der Waals surface area contributed by atoms with E-state index in [-0.39, 0.29) is 0 Å². The Kier molecular flexibility index (Phi) is 54.5. The molecule has 0 aliphatic heterocycles. The number of hydrogen-bond acceptors (Lipinski definition) is 0. The van der Waals surface area contributed by atoms with Gasteiger partial charge in [-0.3, -0.25) is 7.56 Å². The van der Waals surface area contributed by atoms with Gasteiger partial charge in [0.2, 0.25) is 0 Å². The molecular formula is B102P. The second-order valence-corrected chi connectivity index (χ2v) is 31.4. The molecule has 0 aromatic heterocycles. The summed E-state index contributed by atoms with van der Waals surface area (Å²) in [7, 11) is 369. The minimum atomic E-state index is -3.82. The van der Waals surface area contributed by atoms with Crippen molar-refractivity contribution in [1.82, 2.24) is 0 Å². The van der Waals surface area contributed by atoms with Crippen molar-refractivity contribution in [3.63, 3.8) is 0 Å². The number of hydrogen-bond donors (Lipinski definition) is 0. The molecule has 103 heteroatoms. The van der Waals surface area contributed by atoms with Gasteiger partial charge in [-0.15, -0.1) is 0 Å². The van der Waals surface area contributed by atoms with E-state index in [2.05, 4.69) is 0 Å². The van der Waals surface area contributed by atoms with E-state index in [0.29, 0.717) is 0 Å². The van der Waals surface area contributed by atoms with Gasteiger partial charge in [0.15, 0.2) is 0 Å². The second-order valence-electron chi connectivity index (χ2n) is 28.7. The van der Waals surface area contributed by atoms with Crippen LogP contribution in [-0.2, 0) is 0 Å². The van der Waals surface area contributed by atoms with Crippen LogP contribution in [0.4, 0.5) is 0 Å². The van der Waals surface area contributed by atoms with Crippen LogP contribution in [0.3, 0.4) is 0 Å². The molecule has 0 fully saturated rings. The third-order valence-electron chi connectivity index (χ3n) is 21.4. The highest BCUT2D eigenvalue weighted by Crippen LogP contribution is 2.54. The van der Waals surface area contributed by atoms with Crippen LogP contribution in [0.5, 0.6) is 0 Å². The van der Waals surface area contributed by atoms with E-state index in [9.17, 15) is 0 Å². The normalized spacial score (nSPS) is 9.91. The molecule has 103 heavy (non-hydrogen) atoms. The van der Waals surface area contributed by atoms with Gasteiger partial charge < -0.3 is 0 Å². The van der Waals surface area contributed by atoms with Crippen LogP contribution in [0, 0.1) is 0 Å². The van der Waals surface area contributed by atoms with Crippen LogP contribution in [0.1, 0.15) is 0 Å². The average molecular weight is 1130 g/mol. The SMILES string of the molecule is [B][B]B([B])B(B([B])[B])B(B(B(B([B])[B])B([B])[B])B(B([B])[B])B([B])[B])B(B(B(B([B])[B])B([B])[B])B(B([B])[B])B([B])[B])P(B(B(B(B([B])[B])B([B])[B])B(B([B])[B])B([B])[B])B(B(B([B])[B])B([B])[B])B(B([B])[B])B([B])[B])B(B(B(B([B])[B])B([B])[B])B(B([B])[B])B([B])[B])B(B(B([B])[B])B([B])[B])B(B([B])[B])B([B])[B]. The monoisotopic (exact) mass is 1150 g/mol. The van der Waals surface area contributed by atoms with Crippen LogP contribution in [0.2, 0.25) is 0 Å². The maximum Gasteiger partial charge on any atom is 0.0527 e. The van der Waals surface area contributed by atoms with Gasteiger partial charge in [-0.05, 0) is 0 Å². The minimum Gasteiger partial charge on any atom is -0.253 e. The van der Waals surface area contributed by atoms with Gasteiger partial charge in [-0.2, -0.15) is 0 Å². The van der Waals surface area contributed by atoms with Gasteiger partial charge in [0, 0.05) is 703 Å². The summed E-state index contributed by atoms with van der Waals surface area (Å²) in [4.78, 5) is 0. The Balaban J connectivity index is 15.0. The zero-order valence-corrected chi connectivity index (χ0v) is 60.2. The second kappa shape index (κ2) is 51.0. The quantitative estimate of drug-likeness (QED) is 0.0421. The van der Waals surface area contributed by atoms with Crippen molar-refractivity contribution in [1.29, 1.82) is 0 Å². The molecule has 0 unspecified atom stereocenters. The summed E-state index contributed by atoms with van der Waals surface area (Å²) in [5.74, 6) is 0. The molecule has 0 aliphatic carbocycles. The Hall–Kier alpha value is 7.05. The lowest BCUT2D eigenvalue weighted by molar-refractivity contribution is 3.19. The first-order chi connectivity index (χ1) is 46.9. The molecule has 0 atom stereocenters. The third-order valence-corrected chi connectivity index (χ3v) is 25.5.